The summed E-state index contributed by atoms with van der Waals surface area (Å²) in [5, 5.41) is 9.70. The van der Waals surface area contributed by atoms with Crippen molar-refractivity contribution in [3.05, 3.63) is 78.9 Å². The van der Waals surface area contributed by atoms with Crippen LogP contribution in [0.15, 0.2) is 89.1 Å². The lowest BCUT2D eigenvalue weighted by Gasteiger charge is -2.00. The molecule has 3 aromatic carbocycles. The van der Waals surface area contributed by atoms with Crippen LogP contribution in [0.25, 0.3) is 20.8 Å². The summed E-state index contributed by atoms with van der Waals surface area (Å²) in [6.07, 6.45) is 0. The van der Waals surface area contributed by atoms with E-state index < -0.39 is 0 Å². The third kappa shape index (κ3) is 2.89. The number of aromatic nitrogens is 1. The highest BCUT2D eigenvalue weighted by Crippen LogP contribution is 2.36. The number of fused-ring (bicyclic) bond motifs is 1. The molecule has 0 fully saturated rings. The highest BCUT2D eigenvalue weighted by atomic mass is 32.1. The second kappa shape index (κ2) is 6.10. The van der Waals surface area contributed by atoms with Crippen LogP contribution in [0.2, 0.25) is 0 Å². The highest BCUT2D eigenvalue weighted by Gasteiger charge is 2.09. The fraction of sp³-hybridized carbons (Fsp3) is 0. The van der Waals surface area contributed by atoms with Crippen LogP contribution in [0.5, 0.6) is 0 Å². The van der Waals surface area contributed by atoms with Crippen LogP contribution in [-0.2, 0) is 0 Å². The van der Waals surface area contributed by atoms with Crippen LogP contribution in [-0.4, -0.2) is 4.98 Å². The maximum atomic E-state index is 4.72. The van der Waals surface area contributed by atoms with E-state index in [0.717, 1.165) is 27.5 Å². The Balaban J connectivity index is 1.76. The number of rotatable bonds is 3. The first-order valence-electron chi connectivity index (χ1n) is 7.32. The van der Waals surface area contributed by atoms with Gasteiger partial charge < -0.3 is 0 Å². The Morgan fingerprint density at radius 3 is 2.30 bits per heavy atom. The lowest BCUT2D eigenvalue weighted by molar-refractivity contribution is 1.23. The van der Waals surface area contributed by atoms with E-state index in [1.165, 1.54) is 4.70 Å². The maximum Gasteiger partial charge on any atom is 0.126 e. The summed E-state index contributed by atoms with van der Waals surface area (Å²) < 4.78 is 1.18. The molecule has 1 heterocycles. The Labute approximate surface area is 138 Å². The van der Waals surface area contributed by atoms with Crippen molar-refractivity contribution in [1.82, 2.24) is 4.98 Å². The van der Waals surface area contributed by atoms with Crippen LogP contribution in [0, 0.1) is 0 Å². The molecule has 0 saturated carbocycles. The molecule has 0 atom stereocenters. The molecule has 1 aromatic heterocycles. The first-order chi connectivity index (χ1) is 11.4. The number of benzene rings is 3. The molecule has 4 heteroatoms. The second-order valence-electron chi connectivity index (χ2n) is 5.04. The van der Waals surface area contributed by atoms with Crippen LogP contribution in [0.4, 0.5) is 11.4 Å². The van der Waals surface area contributed by atoms with Crippen molar-refractivity contribution < 1.29 is 0 Å². The number of azo groups is 1. The van der Waals surface area contributed by atoms with Gasteiger partial charge >= 0.3 is 0 Å². The molecule has 0 spiro atoms. The molecule has 0 bridgehead atoms. The van der Waals surface area contributed by atoms with Crippen molar-refractivity contribution in [1.29, 1.82) is 0 Å². The molecule has 3 nitrogen and oxygen atoms in total. The largest absolute Gasteiger partial charge is 0.236 e. The predicted molar refractivity (Wildman–Crippen MR) is 95.7 cm³/mol. The zero-order chi connectivity index (χ0) is 15.5. The number of thiazole rings is 1. The Morgan fingerprint density at radius 2 is 1.43 bits per heavy atom. The summed E-state index contributed by atoms with van der Waals surface area (Å²) in [5.41, 5.74) is 3.69. The predicted octanol–water partition coefficient (Wildman–Crippen LogP) is 6.38. The van der Waals surface area contributed by atoms with E-state index in [1.807, 2.05) is 72.8 Å². The summed E-state index contributed by atoms with van der Waals surface area (Å²) in [6, 6.07) is 25.9. The molecule has 0 aliphatic carbocycles. The molecule has 4 aromatic rings. The van der Waals surface area contributed by atoms with E-state index in [2.05, 4.69) is 16.3 Å². The molecule has 4 rings (SSSR count). The molecule has 0 aliphatic heterocycles. The molecular formula is C19H13N3S. The van der Waals surface area contributed by atoms with E-state index >= 15 is 0 Å². The maximum absolute atomic E-state index is 4.72. The minimum Gasteiger partial charge on any atom is -0.236 e. The molecule has 0 aliphatic rings. The van der Waals surface area contributed by atoms with E-state index in [4.69, 9.17) is 4.98 Å². The number of para-hydroxylation sites is 1. The van der Waals surface area contributed by atoms with E-state index in [-0.39, 0.29) is 0 Å². The standard InChI is InChI=1S/C19H13N3S/c1-2-8-14(9-3-1)21-22-16-11-5-4-10-15(16)19-20-17-12-6-7-13-18(17)23-19/h1-13H/b22-21+. The summed E-state index contributed by atoms with van der Waals surface area (Å²) >= 11 is 1.67. The zero-order valence-corrected chi connectivity index (χ0v) is 13.1. The van der Waals surface area contributed by atoms with Gasteiger partial charge in [-0.2, -0.15) is 5.11 Å². The second-order valence-corrected chi connectivity index (χ2v) is 6.07. The van der Waals surface area contributed by atoms with Crippen molar-refractivity contribution >= 4 is 32.9 Å². The zero-order valence-electron chi connectivity index (χ0n) is 12.3. The molecule has 0 N–H and O–H groups in total. The van der Waals surface area contributed by atoms with Crippen molar-refractivity contribution in [3.8, 4) is 10.6 Å². The van der Waals surface area contributed by atoms with Gasteiger partial charge in [0.15, 0.2) is 0 Å². The van der Waals surface area contributed by atoms with E-state index in [1.54, 1.807) is 11.3 Å². The molecule has 110 valence electrons. The van der Waals surface area contributed by atoms with Crippen LogP contribution in [0.3, 0.4) is 0 Å². The Hall–Kier alpha value is -2.85. The van der Waals surface area contributed by atoms with Gasteiger partial charge in [-0.05, 0) is 36.4 Å². The first kappa shape index (κ1) is 13.8. The smallest absolute Gasteiger partial charge is 0.126 e. The minimum absolute atomic E-state index is 0.829. The van der Waals surface area contributed by atoms with Gasteiger partial charge in [-0.25, -0.2) is 4.98 Å². The van der Waals surface area contributed by atoms with Gasteiger partial charge in [0.2, 0.25) is 0 Å². The SMILES string of the molecule is c1ccc(/N=N/c2ccccc2-c2nc3ccccc3s2)cc1. The normalized spacial score (nSPS) is 11.3. The lowest BCUT2D eigenvalue weighted by Crippen LogP contribution is -1.76. The minimum atomic E-state index is 0.829. The molecular weight excluding hydrogens is 302 g/mol. The molecule has 0 amide bonds. The first-order valence-corrected chi connectivity index (χ1v) is 8.13. The average Bonchev–Trinajstić information content (AvgIpc) is 3.05. The van der Waals surface area contributed by atoms with Gasteiger partial charge in [-0.1, -0.05) is 42.5 Å². The summed E-state index contributed by atoms with van der Waals surface area (Å²) in [7, 11) is 0. The summed E-state index contributed by atoms with van der Waals surface area (Å²) in [4.78, 5) is 4.72. The molecule has 0 radical (unpaired) electrons. The van der Waals surface area contributed by atoms with Gasteiger partial charge in [-0.15, -0.1) is 16.5 Å². The van der Waals surface area contributed by atoms with E-state index in [0.29, 0.717) is 0 Å². The third-order valence-corrected chi connectivity index (χ3v) is 4.53. The number of hydrogen-bond acceptors (Lipinski definition) is 4. The van der Waals surface area contributed by atoms with Crippen molar-refractivity contribution in [3.63, 3.8) is 0 Å². The van der Waals surface area contributed by atoms with Crippen molar-refractivity contribution in [2.75, 3.05) is 0 Å². The fourth-order valence-electron chi connectivity index (χ4n) is 2.34. The highest BCUT2D eigenvalue weighted by molar-refractivity contribution is 7.21. The lowest BCUT2D eigenvalue weighted by atomic mass is 10.2. The van der Waals surface area contributed by atoms with Crippen LogP contribution < -0.4 is 0 Å². The Bertz CT molecular complexity index is 941. The molecule has 0 saturated heterocycles. The van der Waals surface area contributed by atoms with Crippen molar-refractivity contribution in [2.24, 2.45) is 10.2 Å². The van der Waals surface area contributed by atoms with E-state index in [9.17, 15) is 0 Å². The van der Waals surface area contributed by atoms with Crippen LogP contribution >= 0.6 is 11.3 Å². The van der Waals surface area contributed by atoms with Gasteiger partial charge in [0.05, 0.1) is 21.6 Å². The van der Waals surface area contributed by atoms with Crippen molar-refractivity contribution in [2.45, 2.75) is 0 Å². The number of hydrogen-bond donors (Lipinski definition) is 0. The average molecular weight is 315 g/mol. The summed E-state index contributed by atoms with van der Waals surface area (Å²) in [6.45, 7) is 0. The Morgan fingerprint density at radius 1 is 0.696 bits per heavy atom. The summed E-state index contributed by atoms with van der Waals surface area (Å²) in [5.74, 6) is 0. The van der Waals surface area contributed by atoms with Crippen LogP contribution in [0.1, 0.15) is 0 Å². The fourth-order valence-corrected chi connectivity index (χ4v) is 3.34. The molecule has 23 heavy (non-hydrogen) atoms. The monoisotopic (exact) mass is 315 g/mol. The Kier molecular flexibility index (Phi) is 3.66. The van der Waals surface area contributed by atoms with Gasteiger partial charge in [0.25, 0.3) is 0 Å². The van der Waals surface area contributed by atoms with Gasteiger partial charge in [-0.3, -0.25) is 0 Å². The quantitative estimate of drug-likeness (QED) is 0.404. The third-order valence-electron chi connectivity index (χ3n) is 3.46. The van der Waals surface area contributed by atoms with Gasteiger partial charge in [0.1, 0.15) is 5.01 Å². The number of nitrogens with zero attached hydrogens (tertiary/aromatic N) is 3. The molecule has 0 unspecified atom stereocenters. The topological polar surface area (TPSA) is 37.6 Å². The van der Waals surface area contributed by atoms with Gasteiger partial charge in [0, 0.05) is 5.56 Å².